The molecule has 1 saturated heterocycles. The molecule has 1 aliphatic heterocycles. The standard InChI is InChI=1S/C21H15ClN4O3S/c1-12-7-8-14(10-17(12)22)24-18(27)13(11-23)9-16-19(28)25-21(30)26(20(16)29)15-5-3-2-4-6-15/h2-10,16H,1H3,(H,24,27)(H,25,28,30)/b13-9+/t16-/m1/s1. The van der Waals surface area contributed by atoms with E-state index in [0.29, 0.717) is 16.4 Å². The molecule has 1 heterocycles. The van der Waals surface area contributed by atoms with Crippen molar-refractivity contribution < 1.29 is 14.4 Å². The topological polar surface area (TPSA) is 102 Å². The third-order valence-corrected chi connectivity index (χ3v) is 5.04. The van der Waals surface area contributed by atoms with Gasteiger partial charge in [0.2, 0.25) is 11.8 Å². The van der Waals surface area contributed by atoms with E-state index in [4.69, 9.17) is 23.8 Å². The number of anilines is 2. The van der Waals surface area contributed by atoms with Crippen molar-refractivity contribution in [3.05, 3.63) is 70.8 Å². The molecule has 7 nitrogen and oxygen atoms in total. The lowest BCUT2D eigenvalue weighted by atomic mass is 10.0. The fourth-order valence-electron chi connectivity index (χ4n) is 2.76. The van der Waals surface area contributed by atoms with E-state index in [1.807, 2.05) is 6.92 Å². The third kappa shape index (κ3) is 4.38. The summed E-state index contributed by atoms with van der Waals surface area (Å²) in [6.45, 7) is 1.81. The molecule has 1 atom stereocenters. The van der Waals surface area contributed by atoms with Gasteiger partial charge in [-0.2, -0.15) is 5.26 Å². The minimum atomic E-state index is -1.39. The van der Waals surface area contributed by atoms with E-state index in [0.717, 1.165) is 16.5 Å². The molecule has 2 aromatic carbocycles. The predicted octanol–water partition coefficient (Wildman–Crippen LogP) is 3.10. The number of thiocarbonyl (C=S) groups is 1. The second kappa shape index (κ2) is 8.86. The smallest absolute Gasteiger partial charge is 0.266 e. The van der Waals surface area contributed by atoms with E-state index < -0.39 is 23.6 Å². The maximum absolute atomic E-state index is 12.9. The zero-order valence-corrected chi connectivity index (χ0v) is 17.3. The van der Waals surface area contributed by atoms with Crippen LogP contribution in [0.15, 0.2) is 60.2 Å². The molecule has 2 N–H and O–H groups in total. The Morgan fingerprint density at radius 2 is 1.97 bits per heavy atom. The fourth-order valence-corrected chi connectivity index (χ4v) is 3.23. The summed E-state index contributed by atoms with van der Waals surface area (Å²) in [6, 6.07) is 15.1. The quantitative estimate of drug-likeness (QED) is 0.330. The summed E-state index contributed by atoms with van der Waals surface area (Å²) in [4.78, 5) is 39.0. The Hall–Kier alpha value is -3.54. The first kappa shape index (κ1) is 21.2. The Morgan fingerprint density at radius 3 is 2.60 bits per heavy atom. The highest BCUT2D eigenvalue weighted by molar-refractivity contribution is 7.80. The van der Waals surface area contributed by atoms with Gasteiger partial charge in [-0.05, 0) is 55.0 Å². The van der Waals surface area contributed by atoms with E-state index in [1.54, 1.807) is 48.5 Å². The second-order valence-corrected chi connectivity index (χ2v) is 7.19. The highest BCUT2D eigenvalue weighted by Crippen LogP contribution is 2.23. The number of hydrogen-bond acceptors (Lipinski definition) is 5. The molecule has 150 valence electrons. The zero-order valence-electron chi connectivity index (χ0n) is 15.7. The molecule has 0 aromatic heterocycles. The number of carbonyl (C=O) groups is 3. The van der Waals surface area contributed by atoms with Gasteiger partial charge < -0.3 is 10.6 Å². The number of rotatable bonds is 4. The molecule has 0 spiro atoms. The van der Waals surface area contributed by atoms with E-state index in [-0.39, 0.29) is 10.7 Å². The van der Waals surface area contributed by atoms with Crippen LogP contribution < -0.4 is 15.5 Å². The molecule has 9 heteroatoms. The number of nitriles is 1. The summed E-state index contributed by atoms with van der Waals surface area (Å²) >= 11 is 11.2. The highest BCUT2D eigenvalue weighted by Gasteiger charge is 2.38. The molecule has 3 rings (SSSR count). The van der Waals surface area contributed by atoms with Gasteiger partial charge in [0, 0.05) is 10.7 Å². The van der Waals surface area contributed by atoms with Crippen LogP contribution in [0.25, 0.3) is 0 Å². The van der Waals surface area contributed by atoms with Gasteiger partial charge in [0.1, 0.15) is 17.6 Å². The average molecular weight is 439 g/mol. The molecule has 0 aliphatic carbocycles. The largest absolute Gasteiger partial charge is 0.321 e. The zero-order chi connectivity index (χ0) is 21.8. The maximum atomic E-state index is 12.9. The van der Waals surface area contributed by atoms with Crippen LogP contribution in [0.1, 0.15) is 5.56 Å². The summed E-state index contributed by atoms with van der Waals surface area (Å²) in [6.07, 6.45) is 1.03. The van der Waals surface area contributed by atoms with Crippen molar-refractivity contribution in [3.8, 4) is 6.07 Å². The third-order valence-electron chi connectivity index (χ3n) is 4.34. The van der Waals surface area contributed by atoms with Crippen molar-refractivity contribution in [1.29, 1.82) is 5.26 Å². The van der Waals surface area contributed by atoms with Gasteiger partial charge in [-0.1, -0.05) is 35.9 Å². The molecule has 0 saturated carbocycles. The van der Waals surface area contributed by atoms with Crippen LogP contribution in [0.4, 0.5) is 11.4 Å². The maximum Gasteiger partial charge on any atom is 0.266 e. The predicted molar refractivity (Wildman–Crippen MR) is 117 cm³/mol. The molecule has 1 fully saturated rings. The van der Waals surface area contributed by atoms with Crippen LogP contribution in [-0.2, 0) is 14.4 Å². The molecule has 1 aliphatic rings. The van der Waals surface area contributed by atoms with Gasteiger partial charge in [-0.15, -0.1) is 0 Å². The lowest BCUT2D eigenvalue weighted by Crippen LogP contribution is -2.57. The number of benzene rings is 2. The van der Waals surface area contributed by atoms with E-state index in [9.17, 15) is 19.6 Å². The van der Waals surface area contributed by atoms with Crippen molar-refractivity contribution >= 4 is 58.0 Å². The number of carbonyl (C=O) groups excluding carboxylic acids is 3. The number of nitrogens with one attached hydrogen (secondary N) is 2. The molecule has 0 bridgehead atoms. The summed E-state index contributed by atoms with van der Waals surface area (Å²) < 4.78 is 0. The van der Waals surface area contributed by atoms with Crippen molar-refractivity contribution in [1.82, 2.24) is 5.32 Å². The van der Waals surface area contributed by atoms with Gasteiger partial charge in [-0.3, -0.25) is 19.3 Å². The Balaban J connectivity index is 1.87. The summed E-state index contributed by atoms with van der Waals surface area (Å²) in [5.74, 6) is -3.53. The summed E-state index contributed by atoms with van der Waals surface area (Å²) in [5.41, 5.74) is 1.28. The number of nitrogens with zero attached hydrogens (tertiary/aromatic N) is 2. The van der Waals surface area contributed by atoms with Crippen LogP contribution >= 0.6 is 23.8 Å². The van der Waals surface area contributed by atoms with E-state index in [2.05, 4.69) is 10.6 Å². The van der Waals surface area contributed by atoms with Crippen molar-refractivity contribution in [3.63, 3.8) is 0 Å². The minimum absolute atomic E-state index is 0.0712. The Morgan fingerprint density at radius 1 is 1.27 bits per heavy atom. The number of halogens is 1. The average Bonchev–Trinajstić information content (AvgIpc) is 2.71. The molecule has 3 amide bonds. The van der Waals surface area contributed by atoms with Crippen LogP contribution in [0, 0.1) is 24.2 Å². The highest BCUT2D eigenvalue weighted by atomic mass is 35.5. The molecule has 0 unspecified atom stereocenters. The fraction of sp³-hybridized carbons (Fsp3) is 0.0952. The van der Waals surface area contributed by atoms with Crippen molar-refractivity contribution in [2.45, 2.75) is 6.92 Å². The molecular formula is C21H15ClN4O3S. The summed E-state index contributed by atoms with van der Waals surface area (Å²) in [7, 11) is 0. The number of hydrogen-bond donors (Lipinski definition) is 2. The Bertz CT molecular complexity index is 1120. The Kier molecular flexibility index (Phi) is 6.26. The SMILES string of the molecule is Cc1ccc(NC(=O)/C(C#N)=C/[C@@H]2C(=O)NC(=S)N(c3ccccc3)C2=O)cc1Cl. The van der Waals surface area contributed by atoms with Gasteiger partial charge in [0.25, 0.3) is 5.91 Å². The van der Waals surface area contributed by atoms with Crippen LogP contribution in [-0.4, -0.2) is 22.8 Å². The number of aryl methyl sites for hydroxylation is 1. The first-order valence-corrected chi connectivity index (χ1v) is 9.53. The molecular weight excluding hydrogens is 424 g/mol. The lowest BCUT2D eigenvalue weighted by molar-refractivity contribution is -0.131. The molecule has 30 heavy (non-hydrogen) atoms. The number of para-hydroxylation sites is 1. The van der Waals surface area contributed by atoms with Crippen LogP contribution in [0.3, 0.4) is 0 Å². The lowest BCUT2D eigenvalue weighted by Gasteiger charge is -2.31. The summed E-state index contributed by atoms with van der Waals surface area (Å²) in [5, 5.41) is 14.8. The van der Waals surface area contributed by atoms with Crippen molar-refractivity contribution in [2.75, 3.05) is 10.2 Å². The van der Waals surface area contributed by atoms with Crippen LogP contribution in [0.5, 0.6) is 0 Å². The van der Waals surface area contributed by atoms with Crippen LogP contribution in [0.2, 0.25) is 5.02 Å². The van der Waals surface area contributed by atoms with Gasteiger partial charge >= 0.3 is 0 Å². The normalized spacial score (nSPS) is 16.7. The first-order chi connectivity index (χ1) is 14.3. The van der Waals surface area contributed by atoms with Gasteiger partial charge in [0.05, 0.1) is 5.69 Å². The van der Waals surface area contributed by atoms with Gasteiger partial charge in [-0.25, -0.2) is 0 Å². The van der Waals surface area contributed by atoms with E-state index >= 15 is 0 Å². The first-order valence-electron chi connectivity index (χ1n) is 8.75. The molecule has 2 aromatic rings. The monoisotopic (exact) mass is 438 g/mol. The second-order valence-electron chi connectivity index (χ2n) is 6.39. The van der Waals surface area contributed by atoms with E-state index in [1.165, 1.54) is 6.07 Å². The number of amides is 3. The van der Waals surface area contributed by atoms with Crippen molar-refractivity contribution in [2.24, 2.45) is 5.92 Å². The molecule has 0 radical (unpaired) electrons. The van der Waals surface area contributed by atoms with Gasteiger partial charge in [0.15, 0.2) is 5.11 Å². The Labute approximate surface area is 182 Å². The minimum Gasteiger partial charge on any atom is -0.321 e.